The summed E-state index contributed by atoms with van der Waals surface area (Å²) in [4.78, 5) is 22.0. The molecule has 0 aromatic carbocycles. The molecule has 0 fully saturated rings. The number of carbonyl (C=O) groups is 2. The minimum Gasteiger partial charge on any atom is -0.459 e. The first-order valence-corrected chi connectivity index (χ1v) is 6.51. The van der Waals surface area contributed by atoms with Crippen LogP contribution in [-0.2, 0) is 19.1 Å². The molecule has 24 heavy (non-hydrogen) atoms. The third kappa shape index (κ3) is 8.87. The molecule has 0 N–H and O–H groups in total. The summed E-state index contributed by atoms with van der Waals surface area (Å²) >= 11 is 0. The topological polar surface area (TPSA) is 52.6 Å². The Labute approximate surface area is 131 Å². The number of hydrogen-bond acceptors (Lipinski definition) is 4. The van der Waals surface area contributed by atoms with Crippen molar-refractivity contribution in [2.24, 2.45) is 0 Å². The van der Waals surface area contributed by atoms with Gasteiger partial charge in [0.15, 0.2) is 13.2 Å². The Morgan fingerprint density at radius 1 is 0.708 bits per heavy atom. The van der Waals surface area contributed by atoms with Gasteiger partial charge in [0.25, 0.3) is 0 Å². The van der Waals surface area contributed by atoms with Crippen LogP contribution in [0, 0.1) is 0 Å². The third-order valence-electron chi connectivity index (χ3n) is 2.50. The van der Waals surface area contributed by atoms with Gasteiger partial charge in [-0.25, -0.2) is 17.6 Å². The minimum atomic E-state index is -4.48. The van der Waals surface area contributed by atoms with E-state index in [2.05, 4.69) is 9.47 Å². The van der Waals surface area contributed by atoms with Crippen LogP contribution in [0.1, 0.15) is 25.7 Å². The summed E-state index contributed by atoms with van der Waals surface area (Å²) in [6.45, 7) is -3.59. The maximum atomic E-state index is 12.4. The second-order valence-corrected chi connectivity index (χ2v) is 4.65. The smallest absolute Gasteiger partial charge is 0.340 e. The summed E-state index contributed by atoms with van der Waals surface area (Å²) in [5, 5.41) is 0. The van der Waals surface area contributed by atoms with Gasteiger partial charge in [0.05, 0.1) is 0 Å². The van der Waals surface area contributed by atoms with Crippen molar-refractivity contribution >= 4 is 11.9 Å². The van der Waals surface area contributed by atoms with Gasteiger partial charge in [0.2, 0.25) is 0 Å². The van der Waals surface area contributed by atoms with Crippen molar-refractivity contribution in [3.05, 3.63) is 0 Å². The van der Waals surface area contributed by atoms with Gasteiger partial charge in [-0.2, -0.15) is 17.6 Å². The second kappa shape index (κ2) is 9.62. The first-order chi connectivity index (χ1) is 10.9. The predicted molar refractivity (Wildman–Crippen MR) is 62.3 cm³/mol. The van der Waals surface area contributed by atoms with E-state index in [-0.39, 0.29) is 12.8 Å². The van der Waals surface area contributed by atoms with E-state index in [0.29, 0.717) is 0 Å². The van der Waals surface area contributed by atoms with E-state index < -0.39 is 62.7 Å². The lowest BCUT2D eigenvalue weighted by atomic mass is 10.2. The van der Waals surface area contributed by atoms with Crippen LogP contribution in [0.4, 0.5) is 35.1 Å². The lowest BCUT2D eigenvalue weighted by molar-refractivity contribution is -0.180. The zero-order valence-corrected chi connectivity index (χ0v) is 12.1. The summed E-state index contributed by atoms with van der Waals surface area (Å²) in [5.74, 6) is -11.4. The molecule has 142 valence electrons. The fourth-order valence-electron chi connectivity index (χ4n) is 1.16. The van der Waals surface area contributed by atoms with E-state index in [0.717, 1.165) is 0 Å². The number of alkyl halides is 8. The summed E-state index contributed by atoms with van der Waals surface area (Å²) in [5.41, 5.74) is 0. The van der Waals surface area contributed by atoms with Crippen LogP contribution in [0.2, 0.25) is 0 Å². The Morgan fingerprint density at radius 3 is 1.25 bits per heavy atom. The molecule has 4 nitrogen and oxygen atoms in total. The Hall–Kier alpha value is -1.62. The van der Waals surface area contributed by atoms with Crippen LogP contribution in [0.5, 0.6) is 0 Å². The highest BCUT2D eigenvalue weighted by molar-refractivity contribution is 5.70. The van der Waals surface area contributed by atoms with Gasteiger partial charge in [0, 0.05) is 12.8 Å². The largest absolute Gasteiger partial charge is 0.459 e. The third-order valence-corrected chi connectivity index (χ3v) is 2.50. The van der Waals surface area contributed by atoms with Gasteiger partial charge in [-0.1, -0.05) is 0 Å². The van der Waals surface area contributed by atoms with Gasteiger partial charge >= 0.3 is 36.6 Å². The second-order valence-electron chi connectivity index (χ2n) is 4.65. The van der Waals surface area contributed by atoms with E-state index >= 15 is 0 Å². The summed E-state index contributed by atoms with van der Waals surface area (Å²) in [6, 6.07) is 0. The Kier molecular flexibility index (Phi) is 8.97. The first kappa shape index (κ1) is 22.4. The summed E-state index contributed by atoms with van der Waals surface area (Å²) < 4.78 is 105. The standard InChI is InChI=1S/C12H14F8O4/c13-9(14)11(17,18)5-23-7(21)3-1-2-4-8(22)24-6-12(19,20)10(15)16/h9-10H,1-6H2. The molecule has 0 rings (SSSR count). The molecule has 0 radical (unpaired) electrons. The van der Waals surface area contributed by atoms with E-state index in [4.69, 9.17) is 0 Å². The zero-order chi connectivity index (χ0) is 19.0. The lowest BCUT2D eigenvalue weighted by Gasteiger charge is -2.15. The Balaban J connectivity index is 3.86. The highest BCUT2D eigenvalue weighted by Crippen LogP contribution is 2.24. The van der Waals surface area contributed by atoms with Gasteiger partial charge < -0.3 is 9.47 Å². The van der Waals surface area contributed by atoms with Crippen molar-refractivity contribution in [1.29, 1.82) is 0 Å². The fraction of sp³-hybridized carbons (Fsp3) is 0.833. The van der Waals surface area contributed by atoms with Crippen LogP contribution < -0.4 is 0 Å². The number of carbonyl (C=O) groups excluding carboxylic acids is 2. The molecule has 0 aromatic heterocycles. The summed E-state index contributed by atoms with van der Waals surface area (Å²) in [7, 11) is 0. The number of ether oxygens (including phenoxy) is 2. The lowest BCUT2D eigenvalue weighted by Crippen LogP contribution is -2.33. The molecule has 0 amide bonds. The molecule has 0 bridgehead atoms. The molecule has 0 saturated carbocycles. The average molecular weight is 374 g/mol. The first-order valence-electron chi connectivity index (χ1n) is 6.51. The average Bonchev–Trinajstić information content (AvgIpc) is 2.47. The van der Waals surface area contributed by atoms with Crippen LogP contribution in [0.25, 0.3) is 0 Å². The number of rotatable bonds is 11. The molecule has 0 heterocycles. The van der Waals surface area contributed by atoms with Crippen LogP contribution in [-0.4, -0.2) is 49.8 Å². The van der Waals surface area contributed by atoms with Gasteiger partial charge in [-0.05, 0) is 12.8 Å². The van der Waals surface area contributed by atoms with Gasteiger partial charge in [-0.15, -0.1) is 0 Å². The maximum Gasteiger partial charge on any atom is 0.340 e. The molecule has 0 atom stereocenters. The molecule has 12 heteroatoms. The van der Waals surface area contributed by atoms with Crippen molar-refractivity contribution in [3.8, 4) is 0 Å². The zero-order valence-electron chi connectivity index (χ0n) is 12.1. The fourth-order valence-corrected chi connectivity index (χ4v) is 1.16. The van der Waals surface area contributed by atoms with E-state index in [9.17, 15) is 44.7 Å². The maximum absolute atomic E-state index is 12.4. The van der Waals surface area contributed by atoms with Crippen LogP contribution in [0.3, 0.4) is 0 Å². The van der Waals surface area contributed by atoms with Gasteiger partial charge in [-0.3, -0.25) is 9.59 Å². The molecule has 0 spiro atoms. The van der Waals surface area contributed by atoms with Crippen molar-refractivity contribution in [2.45, 2.75) is 50.4 Å². The molecule has 0 saturated heterocycles. The van der Waals surface area contributed by atoms with E-state index in [1.807, 2.05) is 0 Å². The number of unbranched alkanes of at least 4 members (excludes halogenated alkanes) is 1. The predicted octanol–water partition coefficient (Wildman–Crippen LogP) is 3.43. The van der Waals surface area contributed by atoms with E-state index in [1.165, 1.54) is 0 Å². The van der Waals surface area contributed by atoms with Crippen LogP contribution in [0.15, 0.2) is 0 Å². The summed E-state index contributed by atoms with van der Waals surface area (Å²) in [6.07, 6.45) is -9.18. The molecule has 0 aliphatic rings. The van der Waals surface area contributed by atoms with Crippen molar-refractivity contribution in [2.75, 3.05) is 13.2 Å². The molecule has 0 aliphatic carbocycles. The van der Waals surface area contributed by atoms with Crippen LogP contribution >= 0.6 is 0 Å². The molecule has 0 unspecified atom stereocenters. The highest BCUT2D eigenvalue weighted by Gasteiger charge is 2.43. The van der Waals surface area contributed by atoms with Crippen molar-refractivity contribution < 1.29 is 54.2 Å². The molecule has 0 aromatic rings. The normalized spacial score (nSPS) is 12.6. The van der Waals surface area contributed by atoms with E-state index in [1.54, 1.807) is 0 Å². The van der Waals surface area contributed by atoms with Crippen molar-refractivity contribution in [1.82, 2.24) is 0 Å². The Morgan fingerprint density at radius 2 is 1.00 bits per heavy atom. The highest BCUT2D eigenvalue weighted by atomic mass is 19.3. The number of halogens is 8. The molecular formula is C12H14F8O4. The Bertz CT molecular complexity index is 376. The number of hydrogen-bond donors (Lipinski definition) is 0. The monoisotopic (exact) mass is 374 g/mol. The van der Waals surface area contributed by atoms with Gasteiger partial charge in [0.1, 0.15) is 0 Å². The minimum absolute atomic E-state index is 0.112. The number of esters is 2. The molecular weight excluding hydrogens is 360 g/mol. The SMILES string of the molecule is O=C(CCCCC(=O)OCC(F)(F)C(F)F)OCC(F)(F)C(F)F. The quantitative estimate of drug-likeness (QED) is 0.316. The molecule has 0 aliphatic heterocycles. The van der Waals surface area contributed by atoms with Crippen molar-refractivity contribution in [3.63, 3.8) is 0 Å².